The monoisotopic (exact) mass is 313 g/mol. The van der Waals surface area contributed by atoms with E-state index in [1.807, 2.05) is 25.1 Å². The van der Waals surface area contributed by atoms with Gasteiger partial charge in [0.2, 0.25) is 0 Å². The Labute approximate surface area is 133 Å². The number of aromatic nitrogens is 1. The highest BCUT2D eigenvalue weighted by molar-refractivity contribution is 7.18. The standard InChI is InChI=1S/C17H19N3OS/c1-10-18-13-8-11(2-3-14(13)22-10)16(21)19-15-12-4-7-20(9-12)17(15)5-6-17/h2-3,8,12,15H,4-7,9H2,1H3,(H,19,21)/t12?,15-/m1/s1. The Balaban J connectivity index is 1.42. The Morgan fingerprint density at radius 3 is 3.14 bits per heavy atom. The molecular weight excluding hydrogens is 294 g/mol. The van der Waals surface area contributed by atoms with Gasteiger partial charge in [0, 0.05) is 17.6 Å². The van der Waals surface area contributed by atoms with Crippen molar-refractivity contribution in [2.45, 2.75) is 37.8 Å². The number of hydrogen-bond donors (Lipinski definition) is 1. The van der Waals surface area contributed by atoms with Crippen LogP contribution in [0.3, 0.4) is 0 Å². The SMILES string of the molecule is Cc1nc2cc(C(=O)N[C@@H]3C4CCN(C4)C34CC4)ccc2s1. The molecule has 3 fully saturated rings. The fourth-order valence-corrected chi connectivity index (χ4v) is 5.32. The van der Waals surface area contributed by atoms with E-state index in [1.54, 1.807) is 11.3 Å². The zero-order valence-electron chi connectivity index (χ0n) is 12.6. The fourth-order valence-electron chi connectivity index (χ4n) is 4.52. The number of benzene rings is 1. The summed E-state index contributed by atoms with van der Waals surface area (Å²) >= 11 is 1.68. The number of nitrogens with one attached hydrogen (secondary N) is 1. The van der Waals surface area contributed by atoms with Crippen LogP contribution in [0.4, 0.5) is 0 Å². The summed E-state index contributed by atoms with van der Waals surface area (Å²) in [5.41, 5.74) is 1.99. The van der Waals surface area contributed by atoms with Crippen molar-refractivity contribution in [2.24, 2.45) is 5.92 Å². The van der Waals surface area contributed by atoms with E-state index in [4.69, 9.17) is 0 Å². The number of piperidine rings is 1. The number of rotatable bonds is 2. The van der Waals surface area contributed by atoms with E-state index in [0.717, 1.165) is 20.8 Å². The van der Waals surface area contributed by atoms with Crippen LogP contribution in [-0.4, -0.2) is 40.5 Å². The molecular formula is C17H19N3OS. The lowest BCUT2D eigenvalue weighted by Crippen LogP contribution is -2.51. The van der Waals surface area contributed by atoms with Crippen LogP contribution < -0.4 is 5.32 Å². The molecule has 5 heteroatoms. The summed E-state index contributed by atoms with van der Waals surface area (Å²) in [6, 6.07) is 6.23. The Bertz CT molecular complexity index is 779. The molecule has 1 spiro atoms. The molecule has 4 nitrogen and oxygen atoms in total. The summed E-state index contributed by atoms with van der Waals surface area (Å²) in [6.07, 6.45) is 3.73. The molecule has 3 heterocycles. The maximum absolute atomic E-state index is 12.7. The van der Waals surface area contributed by atoms with Gasteiger partial charge in [-0.1, -0.05) is 0 Å². The third kappa shape index (κ3) is 1.72. The van der Waals surface area contributed by atoms with Crippen LogP contribution >= 0.6 is 11.3 Å². The molecule has 2 bridgehead atoms. The zero-order valence-corrected chi connectivity index (χ0v) is 13.4. The average molecular weight is 313 g/mol. The first kappa shape index (κ1) is 13.0. The second-order valence-electron chi connectivity index (χ2n) is 6.96. The molecule has 5 rings (SSSR count). The molecule has 2 aliphatic heterocycles. The summed E-state index contributed by atoms with van der Waals surface area (Å²) in [4.78, 5) is 19.8. The summed E-state index contributed by atoms with van der Waals surface area (Å²) in [5, 5.41) is 4.39. The molecule has 2 saturated heterocycles. The zero-order chi connectivity index (χ0) is 14.9. The maximum atomic E-state index is 12.7. The van der Waals surface area contributed by atoms with E-state index in [1.165, 1.54) is 32.4 Å². The van der Waals surface area contributed by atoms with E-state index < -0.39 is 0 Å². The van der Waals surface area contributed by atoms with Crippen LogP contribution in [0.5, 0.6) is 0 Å². The average Bonchev–Trinajstić information content (AvgIpc) is 2.89. The van der Waals surface area contributed by atoms with Crippen molar-refractivity contribution in [3.05, 3.63) is 28.8 Å². The molecule has 0 radical (unpaired) electrons. The number of carbonyl (C=O) groups is 1. The number of aryl methyl sites for hydroxylation is 1. The van der Waals surface area contributed by atoms with Gasteiger partial charge in [0.25, 0.3) is 5.91 Å². The van der Waals surface area contributed by atoms with Crippen LogP contribution in [0, 0.1) is 12.8 Å². The van der Waals surface area contributed by atoms with Crippen molar-refractivity contribution in [1.29, 1.82) is 0 Å². The minimum Gasteiger partial charge on any atom is -0.347 e. The lowest BCUT2D eigenvalue weighted by Gasteiger charge is -2.33. The number of thiazole rings is 1. The van der Waals surface area contributed by atoms with Crippen molar-refractivity contribution >= 4 is 27.5 Å². The minimum absolute atomic E-state index is 0.0672. The first-order valence-electron chi connectivity index (χ1n) is 8.09. The Kier molecular flexibility index (Phi) is 2.54. The number of hydrogen-bond acceptors (Lipinski definition) is 4. The fraction of sp³-hybridized carbons (Fsp3) is 0.529. The van der Waals surface area contributed by atoms with Crippen molar-refractivity contribution in [3.8, 4) is 0 Å². The molecule has 1 aromatic heterocycles. The number of amides is 1. The summed E-state index contributed by atoms with van der Waals surface area (Å²) < 4.78 is 1.15. The topological polar surface area (TPSA) is 45.2 Å². The molecule has 114 valence electrons. The van der Waals surface area contributed by atoms with E-state index in [9.17, 15) is 4.79 Å². The Morgan fingerprint density at radius 2 is 2.32 bits per heavy atom. The smallest absolute Gasteiger partial charge is 0.251 e. The van der Waals surface area contributed by atoms with Crippen LogP contribution in [0.1, 0.15) is 34.6 Å². The van der Waals surface area contributed by atoms with Gasteiger partial charge in [-0.15, -0.1) is 11.3 Å². The van der Waals surface area contributed by atoms with Crippen LogP contribution in [0.15, 0.2) is 18.2 Å². The predicted octanol–water partition coefficient (Wildman–Crippen LogP) is 2.57. The van der Waals surface area contributed by atoms with Crippen molar-refractivity contribution in [2.75, 3.05) is 13.1 Å². The third-order valence-corrected chi connectivity index (χ3v) is 6.66. The van der Waals surface area contributed by atoms with Crippen molar-refractivity contribution in [3.63, 3.8) is 0 Å². The summed E-state index contributed by atoms with van der Waals surface area (Å²) in [6.45, 7) is 4.40. The van der Waals surface area contributed by atoms with Gasteiger partial charge in [-0.2, -0.15) is 0 Å². The highest BCUT2D eigenvalue weighted by Crippen LogP contribution is 2.55. The lowest BCUT2D eigenvalue weighted by atomic mass is 9.91. The first-order chi connectivity index (χ1) is 10.7. The predicted molar refractivity (Wildman–Crippen MR) is 87.3 cm³/mol. The maximum Gasteiger partial charge on any atom is 0.251 e. The Hall–Kier alpha value is -1.46. The first-order valence-corrected chi connectivity index (χ1v) is 8.90. The molecule has 1 N–H and O–H groups in total. The van der Waals surface area contributed by atoms with E-state index in [-0.39, 0.29) is 5.91 Å². The number of carbonyl (C=O) groups excluding carboxylic acids is 1. The highest BCUT2D eigenvalue weighted by atomic mass is 32.1. The molecule has 1 aliphatic carbocycles. The quantitative estimate of drug-likeness (QED) is 0.927. The van der Waals surface area contributed by atoms with E-state index in [0.29, 0.717) is 17.5 Å². The number of fused-ring (bicyclic) bond motifs is 4. The lowest BCUT2D eigenvalue weighted by molar-refractivity contribution is 0.0892. The molecule has 22 heavy (non-hydrogen) atoms. The molecule has 1 saturated carbocycles. The van der Waals surface area contributed by atoms with Gasteiger partial charge in [-0.3, -0.25) is 9.69 Å². The largest absolute Gasteiger partial charge is 0.347 e. The van der Waals surface area contributed by atoms with E-state index >= 15 is 0 Å². The second kappa shape index (κ2) is 4.30. The number of nitrogens with zero attached hydrogens (tertiary/aromatic N) is 2. The second-order valence-corrected chi connectivity index (χ2v) is 8.20. The normalized spacial score (nSPS) is 31.0. The Morgan fingerprint density at radius 1 is 1.45 bits per heavy atom. The molecule has 1 aromatic carbocycles. The van der Waals surface area contributed by atoms with Gasteiger partial charge in [0.15, 0.2) is 0 Å². The molecule has 2 aromatic rings. The van der Waals surface area contributed by atoms with Gasteiger partial charge in [0.05, 0.1) is 21.3 Å². The van der Waals surface area contributed by atoms with Gasteiger partial charge >= 0.3 is 0 Å². The van der Waals surface area contributed by atoms with Crippen LogP contribution in [-0.2, 0) is 0 Å². The van der Waals surface area contributed by atoms with E-state index in [2.05, 4.69) is 15.2 Å². The molecule has 3 atom stereocenters. The van der Waals surface area contributed by atoms with Gasteiger partial charge < -0.3 is 5.32 Å². The highest BCUT2D eigenvalue weighted by Gasteiger charge is 2.63. The molecule has 3 aliphatic rings. The third-order valence-electron chi connectivity index (χ3n) is 5.71. The van der Waals surface area contributed by atoms with Gasteiger partial charge in [-0.05, 0) is 56.8 Å². The molecule has 2 unspecified atom stereocenters. The van der Waals surface area contributed by atoms with Crippen molar-refractivity contribution in [1.82, 2.24) is 15.2 Å². The van der Waals surface area contributed by atoms with Crippen molar-refractivity contribution < 1.29 is 4.79 Å². The van der Waals surface area contributed by atoms with Gasteiger partial charge in [-0.25, -0.2) is 4.98 Å². The molecule has 1 amide bonds. The summed E-state index contributed by atoms with van der Waals surface area (Å²) in [7, 11) is 0. The van der Waals surface area contributed by atoms with Crippen LogP contribution in [0.2, 0.25) is 0 Å². The van der Waals surface area contributed by atoms with Gasteiger partial charge in [0.1, 0.15) is 0 Å². The van der Waals surface area contributed by atoms with Crippen LogP contribution in [0.25, 0.3) is 10.2 Å². The minimum atomic E-state index is 0.0672. The summed E-state index contributed by atoms with van der Waals surface area (Å²) in [5.74, 6) is 0.717.